The fourth-order valence-electron chi connectivity index (χ4n) is 2.83. The van der Waals surface area contributed by atoms with Crippen molar-refractivity contribution in [3.8, 4) is 0 Å². The molecule has 1 saturated heterocycles. The van der Waals surface area contributed by atoms with Crippen LogP contribution in [0.3, 0.4) is 0 Å². The van der Waals surface area contributed by atoms with Crippen molar-refractivity contribution in [1.29, 1.82) is 0 Å². The quantitative estimate of drug-likeness (QED) is 0.862. The highest BCUT2D eigenvalue weighted by atomic mass is 19.4. The van der Waals surface area contributed by atoms with Gasteiger partial charge in [-0.2, -0.15) is 13.2 Å². The molecule has 0 saturated carbocycles. The molecule has 3 rings (SSSR count). The molecule has 1 aliphatic rings. The first-order chi connectivity index (χ1) is 11.9. The van der Waals surface area contributed by atoms with E-state index in [4.69, 9.17) is 9.47 Å². The predicted molar refractivity (Wildman–Crippen MR) is 81.4 cm³/mol. The minimum atomic E-state index is -4.49. The van der Waals surface area contributed by atoms with Crippen molar-refractivity contribution in [1.82, 2.24) is 0 Å². The number of cyclic esters (lactones) is 1. The number of carbonyl (C=O) groups excluding carboxylic acids is 1. The zero-order valence-electron chi connectivity index (χ0n) is 13.0. The molecule has 0 bridgehead atoms. The number of hydrogen-bond acceptors (Lipinski definition) is 4. The van der Waals surface area contributed by atoms with Crippen molar-refractivity contribution in [3.05, 3.63) is 71.3 Å². The van der Waals surface area contributed by atoms with Gasteiger partial charge in [0.1, 0.15) is 12.7 Å². The molecule has 1 fully saturated rings. The molecule has 0 radical (unpaired) electrons. The Labute approximate surface area is 141 Å². The van der Waals surface area contributed by atoms with Gasteiger partial charge in [0.2, 0.25) is 5.60 Å². The molecule has 132 valence electrons. The summed E-state index contributed by atoms with van der Waals surface area (Å²) in [6, 6.07) is 12.2. The molecule has 2 atom stereocenters. The molecule has 25 heavy (non-hydrogen) atoms. The third kappa shape index (κ3) is 3.12. The summed E-state index contributed by atoms with van der Waals surface area (Å²) < 4.78 is 48.8. The molecule has 2 aromatic carbocycles. The summed E-state index contributed by atoms with van der Waals surface area (Å²) in [6.07, 6.45) is -6.01. The lowest BCUT2D eigenvalue weighted by Crippen LogP contribution is -2.49. The molecule has 0 amide bonds. The number of hydrogen-bond donors (Lipinski definition) is 1. The van der Waals surface area contributed by atoms with Crippen molar-refractivity contribution >= 4 is 5.97 Å². The van der Waals surface area contributed by atoms with Crippen LogP contribution in [0, 0.1) is 0 Å². The van der Waals surface area contributed by atoms with Gasteiger partial charge in [0.05, 0.1) is 12.2 Å². The summed E-state index contributed by atoms with van der Waals surface area (Å²) in [5, 5.41) is 10.8. The number of esters is 1. The Morgan fingerprint density at radius 1 is 1.00 bits per heavy atom. The SMILES string of the molecule is O=C1OCCO[C@]1(c1ccccc1)[C@@H](O)c1ccc(C(F)(F)F)cc1. The van der Waals surface area contributed by atoms with E-state index in [1.54, 1.807) is 30.3 Å². The Kier molecular flexibility index (Phi) is 4.53. The normalized spacial score (nSPS) is 22.3. The monoisotopic (exact) mass is 352 g/mol. The van der Waals surface area contributed by atoms with E-state index in [0.717, 1.165) is 24.3 Å². The Hall–Kier alpha value is -2.38. The lowest BCUT2D eigenvalue weighted by molar-refractivity contribution is -0.216. The van der Waals surface area contributed by atoms with E-state index in [-0.39, 0.29) is 18.8 Å². The maximum Gasteiger partial charge on any atom is 0.416 e. The van der Waals surface area contributed by atoms with Crippen LogP contribution in [0.5, 0.6) is 0 Å². The zero-order chi connectivity index (χ0) is 18.1. The van der Waals surface area contributed by atoms with Crippen molar-refractivity contribution in [2.45, 2.75) is 17.9 Å². The molecule has 0 aromatic heterocycles. The van der Waals surface area contributed by atoms with E-state index >= 15 is 0 Å². The van der Waals surface area contributed by atoms with Crippen LogP contribution in [0.4, 0.5) is 13.2 Å². The van der Waals surface area contributed by atoms with Crippen LogP contribution in [0.25, 0.3) is 0 Å². The van der Waals surface area contributed by atoms with Gasteiger partial charge in [0.15, 0.2) is 0 Å². The van der Waals surface area contributed by atoms with Gasteiger partial charge < -0.3 is 14.6 Å². The number of carbonyl (C=O) groups is 1. The Bertz CT molecular complexity index is 743. The third-order valence-electron chi connectivity index (χ3n) is 4.09. The molecule has 1 aliphatic heterocycles. The van der Waals surface area contributed by atoms with E-state index in [1.807, 2.05) is 0 Å². The van der Waals surface area contributed by atoms with Crippen LogP contribution in [-0.2, 0) is 26.0 Å². The number of rotatable bonds is 3. The fraction of sp³-hybridized carbons (Fsp3) is 0.278. The molecule has 1 heterocycles. The van der Waals surface area contributed by atoms with Crippen molar-refractivity contribution < 1.29 is 32.5 Å². The molecule has 0 unspecified atom stereocenters. The summed E-state index contributed by atoms with van der Waals surface area (Å²) >= 11 is 0. The fourth-order valence-corrected chi connectivity index (χ4v) is 2.83. The van der Waals surface area contributed by atoms with Gasteiger partial charge in [-0.1, -0.05) is 42.5 Å². The van der Waals surface area contributed by atoms with Gasteiger partial charge in [0.25, 0.3) is 0 Å². The van der Waals surface area contributed by atoms with E-state index in [1.165, 1.54) is 0 Å². The summed E-state index contributed by atoms with van der Waals surface area (Å²) in [6.45, 7) is 0.117. The maximum absolute atomic E-state index is 12.7. The Morgan fingerprint density at radius 2 is 1.64 bits per heavy atom. The van der Waals surface area contributed by atoms with E-state index < -0.39 is 29.4 Å². The molecule has 0 spiro atoms. The first-order valence-corrected chi connectivity index (χ1v) is 7.57. The molecule has 7 heteroatoms. The highest BCUT2D eigenvalue weighted by Gasteiger charge is 2.52. The van der Waals surface area contributed by atoms with Crippen molar-refractivity contribution in [2.75, 3.05) is 13.2 Å². The number of aliphatic hydroxyl groups excluding tert-OH is 1. The number of ether oxygens (including phenoxy) is 2. The van der Waals surface area contributed by atoms with Crippen LogP contribution >= 0.6 is 0 Å². The molecular formula is C18H15F3O4. The predicted octanol–water partition coefficient (Wildman–Crippen LogP) is 3.21. The molecular weight excluding hydrogens is 337 g/mol. The highest BCUT2D eigenvalue weighted by molar-refractivity contribution is 5.83. The van der Waals surface area contributed by atoms with E-state index in [2.05, 4.69) is 0 Å². The summed E-state index contributed by atoms with van der Waals surface area (Å²) in [4.78, 5) is 12.5. The lowest BCUT2D eigenvalue weighted by Gasteiger charge is -2.39. The first-order valence-electron chi connectivity index (χ1n) is 7.57. The van der Waals surface area contributed by atoms with Crippen LogP contribution in [0.2, 0.25) is 0 Å². The van der Waals surface area contributed by atoms with E-state index in [9.17, 15) is 23.1 Å². The van der Waals surface area contributed by atoms with Crippen LogP contribution < -0.4 is 0 Å². The maximum atomic E-state index is 12.7. The highest BCUT2D eigenvalue weighted by Crippen LogP contribution is 2.42. The average molecular weight is 352 g/mol. The minimum Gasteiger partial charge on any atom is -0.461 e. The second-order valence-corrected chi connectivity index (χ2v) is 5.61. The second kappa shape index (κ2) is 6.50. The van der Waals surface area contributed by atoms with Crippen molar-refractivity contribution in [3.63, 3.8) is 0 Å². The first kappa shape index (κ1) is 17.4. The number of benzene rings is 2. The zero-order valence-corrected chi connectivity index (χ0v) is 13.0. The summed E-state index contributed by atoms with van der Waals surface area (Å²) in [7, 11) is 0. The molecule has 0 aliphatic carbocycles. The molecule has 1 N–H and O–H groups in total. The summed E-state index contributed by atoms with van der Waals surface area (Å²) in [5.41, 5.74) is -2.17. The molecule has 2 aromatic rings. The largest absolute Gasteiger partial charge is 0.461 e. The Balaban J connectivity index is 2.03. The van der Waals surface area contributed by atoms with Crippen LogP contribution in [-0.4, -0.2) is 24.3 Å². The smallest absolute Gasteiger partial charge is 0.416 e. The topological polar surface area (TPSA) is 55.8 Å². The summed E-state index contributed by atoms with van der Waals surface area (Å²) in [5.74, 6) is -0.780. The van der Waals surface area contributed by atoms with Crippen LogP contribution in [0.1, 0.15) is 22.8 Å². The van der Waals surface area contributed by atoms with Gasteiger partial charge >= 0.3 is 12.1 Å². The van der Waals surface area contributed by atoms with Gasteiger partial charge in [-0.3, -0.25) is 0 Å². The van der Waals surface area contributed by atoms with Gasteiger partial charge in [-0.05, 0) is 23.3 Å². The molecule has 4 nitrogen and oxygen atoms in total. The van der Waals surface area contributed by atoms with Crippen molar-refractivity contribution in [2.24, 2.45) is 0 Å². The number of alkyl halides is 3. The van der Waals surface area contributed by atoms with Gasteiger partial charge in [-0.15, -0.1) is 0 Å². The Morgan fingerprint density at radius 3 is 2.20 bits per heavy atom. The number of halogens is 3. The van der Waals surface area contributed by atoms with Gasteiger partial charge in [0, 0.05) is 0 Å². The van der Waals surface area contributed by atoms with E-state index in [0.29, 0.717) is 5.56 Å². The van der Waals surface area contributed by atoms with Gasteiger partial charge in [-0.25, -0.2) is 4.79 Å². The third-order valence-corrected chi connectivity index (χ3v) is 4.09. The lowest BCUT2D eigenvalue weighted by atomic mass is 9.83. The number of aliphatic hydroxyl groups is 1. The van der Waals surface area contributed by atoms with Crippen LogP contribution in [0.15, 0.2) is 54.6 Å². The minimum absolute atomic E-state index is 0.0488. The second-order valence-electron chi connectivity index (χ2n) is 5.61. The average Bonchev–Trinajstić information content (AvgIpc) is 2.62. The standard InChI is InChI=1S/C18H15F3O4/c19-18(20,21)14-8-6-12(7-9-14)15(22)17(13-4-2-1-3-5-13)16(23)24-10-11-25-17/h1-9,15,22H,10-11H2/t15-,17+/m0/s1.